The molecule has 0 spiro atoms. The lowest BCUT2D eigenvalue weighted by Gasteiger charge is -2.21. The normalized spacial score (nSPS) is 14.0. The summed E-state index contributed by atoms with van der Waals surface area (Å²) in [5.74, 6) is 0. The predicted octanol–water partition coefficient (Wildman–Crippen LogP) is 4.19. The molecule has 0 aliphatic rings. The molecule has 0 aromatic heterocycles. The second-order valence-corrected chi connectivity index (χ2v) is 8.36. The minimum absolute atomic E-state index is 0.0137. The largest absolute Gasteiger partial charge is 0.366 e. The van der Waals surface area contributed by atoms with E-state index in [-0.39, 0.29) is 11.1 Å². The summed E-state index contributed by atoms with van der Waals surface area (Å²) >= 11 is 0. The zero-order chi connectivity index (χ0) is 17.0. The standard InChI is InChI=1S/C16H28N4P2/c1-15(2,3)19-13(21)17-11-8-7-9-12(10-11)18-14(22)20-16(4,5)6/h7-10H,21-22H2,1-6H3,(H,17,19)(H,18,20). The summed E-state index contributed by atoms with van der Waals surface area (Å²) in [6.45, 7) is 12.6. The van der Waals surface area contributed by atoms with Gasteiger partial charge in [0.1, 0.15) is 11.2 Å². The van der Waals surface area contributed by atoms with E-state index in [1.807, 2.05) is 24.3 Å². The van der Waals surface area contributed by atoms with Gasteiger partial charge in [0.15, 0.2) is 0 Å². The molecule has 4 nitrogen and oxygen atoms in total. The van der Waals surface area contributed by atoms with Crippen LogP contribution in [0.15, 0.2) is 34.3 Å². The molecular weight excluding hydrogens is 310 g/mol. The maximum absolute atomic E-state index is 4.56. The molecule has 122 valence electrons. The first-order valence-corrected chi connectivity index (χ1v) is 8.45. The molecule has 0 radical (unpaired) electrons. The van der Waals surface area contributed by atoms with Crippen LogP contribution in [0.4, 0.5) is 11.4 Å². The summed E-state index contributed by atoms with van der Waals surface area (Å²) in [5, 5.41) is 6.64. The molecule has 22 heavy (non-hydrogen) atoms. The SMILES string of the molecule is CC(C)(C)N/C(P)=N/c1cccc(/N=C(/P)NC(C)(C)C)c1. The van der Waals surface area contributed by atoms with E-state index in [9.17, 15) is 0 Å². The molecular formula is C16H28N4P2. The van der Waals surface area contributed by atoms with Gasteiger partial charge in [-0.25, -0.2) is 9.98 Å². The van der Waals surface area contributed by atoms with Crippen molar-refractivity contribution in [1.29, 1.82) is 0 Å². The van der Waals surface area contributed by atoms with E-state index in [4.69, 9.17) is 0 Å². The Kier molecular flexibility index (Phi) is 6.52. The van der Waals surface area contributed by atoms with Gasteiger partial charge in [-0.05, 0) is 59.7 Å². The molecule has 1 rings (SSSR count). The summed E-state index contributed by atoms with van der Waals surface area (Å²) in [6, 6.07) is 7.85. The van der Waals surface area contributed by atoms with Gasteiger partial charge in [-0.15, -0.1) is 0 Å². The summed E-state index contributed by atoms with van der Waals surface area (Å²) in [4.78, 5) is 9.12. The van der Waals surface area contributed by atoms with E-state index in [1.54, 1.807) is 0 Å². The van der Waals surface area contributed by atoms with Crippen LogP contribution in [0.1, 0.15) is 41.5 Å². The second-order valence-electron chi connectivity index (χ2n) is 7.26. The zero-order valence-electron chi connectivity index (χ0n) is 14.4. The summed E-state index contributed by atoms with van der Waals surface area (Å²) in [7, 11) is 5.26. The van der Waals surface area contributed by atoms with Gasteiger partial charge >= 0.3 is 0 Å². The summed E-state index contributed by atoms with van der Waals surface area (Å²) in [5.41, 5.74) is 3.34. The Morgan fingerprint density at radius 3 is 1.50 bits per heavy atom. The lowest BCUT2D eigenvalue weighted by molar-refractivity contribution is 0.515. The minimum atomic E-state index is -0.0137. The Morgan fingerprint density at radius 2 is 1.18 bits per heavy atom. The zero-order valence-corrected chi connectivity index (χ0v) is 16.7. The lowest BCUT2D eigenvalue weighted by atomic mass is 10.1. The molecule has 2 N–H and O–H groups in total. The topological polar surface area (TPSA) is 48.8 Å². The van der Waals surface area contributed by atoms with Crippen molar-refractivity contribution in [2.45, 2.75) is 52.6 Å². The van der Waals surface area contributed by atoms with Crippen molar-refractivity contribution in [2.24, 2.45) is 9.98 Å². The fourth-order valence-electron chi connectivity index (χ4n) is 1.73. The van der Waals surface area contributed by atoms with Crippen LogP contribution < -0.4 is 10.6 Å². The molecule has 0 bridgehead atoms. The summed E-state index contributed by atoms with van der Waals surface area (Å²) in [6.07, 6.45) is 0. The fraction of sp³-hybridized carbons (Fsp3) is 0.500. The Hall–Kier alpha value is -0.980. The number of benzene rings is 1. The van der Waals surface area contributed by atoms with Crippen LogP contribution in [0.25, 0.3) is 0 Å². The van der Waals surface area contributed by atoms with Crippen LogP contribution in [-0.2, 0) is 0 Å². The highest BCUT2D eigenvalue weighted by atomic mass is 31.0. The highest BCUT2D eigenvalue weighted by molar-refractivity contribution is 7.40. The molecule has 2 unspecified atom stereocenters. The van der Waals surface area contributed by atoms with Crippen LogP contribution in [0.3, 0.4) is 0 Å². The number of nitrogens with zero attached hydrogens (tertiary/aromatic N) is 2. The van der Waals surface area contributed by atoms with Crippen molar-refractivity contribution in [3.63, 3.8) is 0 Å². The van der Waals surface area contributed by atoms with Crippen molar-refractivity contribution in [3.8, 4) is 0 Å². The number of rotatable bonds is 2. The molecule has 0 saturated heterocycles. The van der Waals surface area contributed by atoms with Crippen molar-refractivity contribution < 1.29 is 0 Å². The van der Waals surface area contributed by atoms with Crippen LogP contribution in [0, 0.1) is 0 Å². The highest BCUT2D eigenvalue weighted by Gasteiger charge is 2.10. The minimum Gasteiger partial charge on any atom is -0.366 e. The Balaban J connectivity index is 2.91. The van der Waals surface area contributed by atoms with Crippen molar-refractivity contribution >= 4 is 41.0 Å². The number of nitrogens with one attached hydrogen (secondary N) is 2. The Morgan fingerprint density at radius 1 is 0.818 bits per heavy atom. The van der Waals surface area contributed by atoms with Gasteiger partial charge in [0.25, 0.3) is 0 Å². The monoisotopic (exact) mass is 338 g/mol. The van der Waals surface area contributed by atoms with Gasteiger partial charge in [0.2, 0.25) is 0 Å². The van der Waals surface area contributed by atoms with E-state index in [1.165, 1.54) is 0 Å². The second kappa shape index (κ2) is 7.53. The molecule has 0 aliphatic carbocycles. The predicted molar refractivity (Wildman–Crippen MR) is 106 cm³/mol. The summed E-state index contributed by atoms with van der Waals surface area (Å²) < 4.78 is 0. The third-order valence-electron chi connectivity index (χ3n) is 2.33. The number of amidine groups is 2. The Labute approximate surface area is 139 Å². The van der Waals surface area contributed by atoms with Crippen LogP contribution in [0.5, 0.6) is 0 Å². The highest BCUT2D eigenvalue weighted by Crippen LogP contribution is 2.22. The maximum Gasteiger partial charge on any atom is 0.119 e. The first-order valence-electron chi connectivity index (χ1n) is 7.29. The third-order valence-corrected chi connectivity index (χ3v) is 2.88. The molecule has 0 aliphatic heterocycles. The third kappa shape index (κ3) is 8.46. The molecule has 1 aromatic carbocycles. The van der Waals surface area contributed by atoms with E-state index < -0.39 is 0 Å². The van der Waals surface area contributed by atoms with E-state index in [0.29, 0.717) is 0 Å². The quantitative estimate of drug-likeness (QED) is 0.483. The average molecular weight is 338 g/mol. The number of hydrogen-bond acceptors (Lipinski definition) is 2. The lowest BCUT2D eigenvalue weighted by Crippen LogP contribution is -2.37. The van der Waals surface area contributed by atoms with E-state index in [0.717, 1.165) is 22.5 Å². The molecule has 0 heterocycles. The van der Waals surface area contributed by atoms with Crippen LogP contribution >= 0.6 is 18.5 Å². The molecule has 1 aromatic rings. The van der Waals surface area contributed by atoms with Gasteiger partial charge in [-0.2, -0.15) is 0 Å². The average Bonchev–Trinajstić information content (AvgIpc) is 2.22. The number of hydrogen-bond donors (Lipinski definition) is 2. The maximum atomic E-state index is 4.56. The number of aliphatic imine (C=N–C) groups is 2. The van der Waals surface area contributed by atoms with Gasteiger partial charge in [0.05, 0.1) is 11.4 Å². The first kappa shape index (κ1) is 19.1. The smallest absolute Gasteiger partial charge is 0.119 e. The molecule has 0 fully saturated rings. The van der Waals surface area contributed by atoms with Crippen molar-refractivity contribution in [1.82, 2.24) is 10.6 Å². The van der Waals surface area contributed by atoms with Crippen molar-refractivity contribution in [3.05, 3.63) is 24.3 Å². The Bertz CT molecular complexity index is 519. The van der Waals surface area contributed by atoms with Gasteiger partial charge < -0.3 is 10.6 Å². The van der Waals surface area contributed by atoms with E-state index >= 15 is 0 Å². The van der Waals surface area contributed by atoms with Gasteiger partial charge in [0, 0.05) is 11.1 Å². The molecule has 0 amide bonds. The molecule has 0 saturated carbocycles. The van der Waals surface area contributed by atoms with E-state index in [2.05, 4.69) is 80.6 Å². The van der Waals surface area contributed by atoms with Gasteiger partial charge in [-0.3, -0.25) is 0 Å². The van der Waals surface area contributed by atoms with Crippen LogP contribution in [0.2, 0.25) is 0 Å². The van der Waals surface area contributed by atoms with Gasteiger partial charge in [-0.1, -0.05) is 24.5 Å². The first-order chi connectivity index (χ1) is 9.94. The van der Waals surface area contributed by atoms with Crippen LogP contribution in [-0.4, -0.2) is 22.2 Å². The fourth-order valence-corrected chi connectivity index (χ4v) is 2.90. The molecule has 2 atom stereocenters. The molecule has 6 heteroatoms. The van der Waals surface area contributed by atoms with Crippen molar-refractivity contribution in [2.75, 3.05) is 0 Å².